The number of carbonyl (C=O) groups is 3. The summed E-state index contributed by atoms with van der Waals surface area (Å²) in [6, 6.07) is 4.36. The maximum Gasteiger partial charge on any atom is 0.337 e. The lowest BCUT2D eigenvalue weighted by Crippen LogP contribution is -2.15. The average molecular weight is 290 g/mol. The molecule has 108 valence electrons. The predicted molar refractivity (Wildman–Crippen MR) is 72.1 cm³/mol. The van der Waals surface area contributed by atoms with Crippen LogP contribution in [0.25, 0.3) is 0 Å². The molecule has 0 saturated carbocycles. The van der Waals surface area contributed by atoms with Gasteiger partial charge in [-0.05, 0) is 31.2 Å². The van der Waals surface area contributed by atoms with Crippen molar-refractivity contribution in [2.75, 3.05) is 5.32 Å². The number of hydrogen-bond donors (Lipinski definition) is 3. The molecule has 1 heterocycles. The second-order valence-corrected chi connectivity index (χ2v) is 4.31. The van der Waals surface area contributed by atoms with Gasteiger partial charge in [0, 0.05) is 11.8 Å². The molecule has 21 heavy (non-hydrogen) atoms. The van der Waals surface area contributed by atoms with E-state index in [0.717, 1.165) is 18.2 Å². The van der Waals surface area contributed by atoms with E-state index < -0.39 is 17.7 Å². The molecule has 0 aliphatic rings. The number of hydrogen-bond acceptors (Lipinski definition) is 3. The molecular formula is C14H11FN2O4. The zero-order valence-corrected chi connectivity index (χ0v) is 10.9. The van der Waals surface area contributed by atoms with Crippen LogP contribution in [0, 0.1) is 5.82 Å². The Kier molecular flexibility index (Phi) is 3.84. The normalized spacial score (nSPS) is 10.2. The second-order valence-electron chi connectivity index (χ2n) is 4.31. The molecule has 1 amide bonds. The van der Waals surface area contributed by atoms with E-state index in [0.29, 0.717) is 5.56 Å². The predicted octanol–water partition coefficient (Wildman–Crippen LogP) is 2.31. The summed E-state index contributed by atoms with van der Waals surface area (Å²) in [4.78, 5) is 36.7. The molecule has 6 nitrogen and oxygen atoms in total. The summed E-state index contributed by atoms with van der Waals surface area (Å²) in [5.41, 5.74) is 0.0353. The van der Waals surface area contributed by atoms with E-state index >= 15 is 0 Å². The number of carbonyl (C=O) groups excluding carboxylic acids is 2. The van der Waals surface area contributed by atoms with Gasteiger partial charge in [-0.1, -0.05) is 0 Å². The van der Waals surface area contributed by atoms with E-state index in [1.807, 2.05) is 0 Å². The molecule has 0 spiro atoms. The number of H-pyrrole nitrogens is 1. The number of ketones is 1. The number of amides is 1. The molecule has 0 fully saturated rings. The highest BCUT2D eigenvalue weighted by Gasteiger charge is 2.16. The van der Waals surface area contributed by atoms with Crippen LogP contribution in [-0.4, -0.2) is 27.8 Å². The van der Waals surface area contributed by atoms with E-state index in [4.69, 9.17) is 5.11 Å². The monoisotopic (exact) mass is 290 g/mol. The Hall–Kier alpha value is -2.96. The van der Waals surface area contributed by atoms with Crippen LogP contribution < -0.4 is 5.32 Å². The van der Waals surface area contributed by atoms with Crippen molar-refractivity contribution in [3.8, 4) is 0 Å². The molecule has 1 aromatic heterocycles. The number of Topliss-reactive ketones (excluding diaryl/α,β-unsaturated/α-hetero) is 1. The van der Waals surface area contributed by atoms with E-state index in [1.54, 1.807) is 0 Å². The van der Waals surface area contributed by atoms with Crippen LogP contribution >= 0.6 is 0 Å². The van der Waals surface area contributed by atoms with Crippen LogP contribution in [0.2, 0.25) is 0 Å². The number of halogens is 1. The van der Waals surface area contributed by atoms with Crippen LogP contribution in [0.1, 0.15) is 38.1 Å². The third kappa shape index (κ3) is 3.14. The molecule has 2 rings (SSSR count). The molecule has 0 aliphatic carbocycles. The Balaban J connectivity index is 2.27. The fourth-order valence-corrected chi connectivity index (χ4v) is 1.72. The number of aromatic carboxylic acids is 1. The lowest BCUT2D eigenvalue weighted by molar-refractivity contribution is 0.0697. The molecule has 3 N–H and O–H groups in total. The SMILES string of the molecule is CC(=O)c1c[nH]c(C(=O)Nc2ccc(F)cc2C(=O)O)c1. The Bertz CT molecular complexity index is 736. The third-order valence-corrected chi connectivity index (χ3v) is 2.79. The highest BCUT2D eigenvalue weighted by molar-refractivity contribution is 6.08. The van der Waals surface area contributed by atoms with Crippen molar-refractivity contribution in [1.82, 2.24) is 4.98 Å². The summed E-state index contributed by atoms with van der Waals surface area (Å²) in [6.07, 6.45) is 1.38. The Labute approximate surface area is 118 Å². The quantitative estimate of drug-likeness (QED) is 0.752. The number of carboxylic acids is 1. The van der Waals surface area contributed by atoms with Crippen LogP contribution in [0.3, 0.4) is 0 Å². The van der Waals surface area contributed by atoms with Crippen molar-refractivity contribution in [2.45, 2.75) is 6.92 Å². The highest BCUT2D eigenvalue weighted by Crippen LogP contribution is 2.18. The van der Waals surface area contributed by atoms with E-state index in [9.17, 15) is 18.8 Å². The molecular weight excluding hydrogens is 279 g/mol. The number of aromatic nitrogens is 1. The molecule has 7 heteroatoms. The van der Waals surface area contributed by atoms with Gasteiger partial charge in [0.1, 0.15) is 11.5 Å². The number of carboxylic acid groups (broad SMARTS) is 1. The minimum atomic E-state index is -1.36. The standard InChI is InChI=1S/C14H11FN2O4/c1-7(18)8-4-12(16-6-8)13(19)17-11-3-2-9(15)5-10(11)14(20)21/h2-6,16H,1H3,(H,17,19)(H,20,21). The van der Waals surface area contributed by atoms with Gasteiger partial charge in [-0.2, -0.15) is 0 Å². The lowest BCUT2D eigenvalue weighted by atomic mass is 10.1. The van der Waals surface area contributed by atoms with Gasteiger partial charge < -0.3 is 15.4 Å². The molecule has 0 atom stereocenters. The van der Waals surface area contributed by atoms with E-state index in [2.05, 4.69) is 10.3 Å². The van der Waals surface area contributed by atoms with Gasteiger partial charge in [0.05, 0.1) is 11.3 Å². The van der Waals surface area contributed by atoms with Crippen molar-refractivity contribution in [3.63, 3.8) is 0 Å². The van der Waals surface area contributed by atoms with Crippen LogP contribution in [0.5, 0.6) is 0 Å². The van der Waals surface area contributed by atoms with Crippen molar-refractivity contribution < 1.29 is 23.9 Å². The maximum atomic E-state index is 13.0. The topological polar surface area (TPSA) is 99.3 Å². The van der Waals surface area contributed by atoms with Crippen LogP contribution in [0.15, 0.2) is 30.5 Å². The first-order chi connectivity index (χ1) is 9.88. The van der Waals surface area contributed by atoms with Gasteiger partial charge >= 0.3 is 5.97 Å². The average Bonchev–Trinajstić information content (AvgIpc) is 2.90. The van der Waals surface area contributed by atoms with Crippen LogP contribution in [-0.2, 0) is 0 Å². The Morgan fingerprint density at radius 3 is 2.52 bits per heavy atom. The number of rotatable bonds is 4. The minimum Gasteiger partial charge on any atom is -0.478 e. The molecule has 0 bridgehead atoms. The highest BCUT2D eigenvalue weighted by atomic mass is 19.1. The van der Waals surface area contributed by atoms with Crippen molar-refractivity contribution >= 4 is 23.3 Å². The zero-order valence-electron chi connectivity index (χ0n) is 10.9. The minimum absolute atomic E-state index is 0.0344. The van der Waals surface area contributed by atoms with E-state index in [1.165, 1.54) is 19.2 Å². The smallest absolute Gasteiger partial charge is 0.337 e. The van der Waals surface area contributed by atoms with Gasteiger partial charge in [-0.3, -0.25) is 9.59 Å². The maximum absolute atomic E-state index is 13.0. The fourth-order valence-electron chi connectivity index (χ4n) is 1.72. The van der Waals surface area contributed by atoms with Gasteiger partial charge in [0.2, 0.25) is 0 Å². The van der Waals surface area contributed by atoms with Crippen LogP contribution in [0.4, 0.5) is 10.1 Å². The first-order valence-electron chi connectivity index (χ1n) is 5.92. The molecule has 1 aromatic carbocycles. The zero-order chi connectivity index (χ0) is 15.6. The van der Waals surface area contributed by atoms with Gasteiger partial charge in [0.15, 0.2) is 5.78 Å². The summed E-state index contributed by atoms with van der Waals surface area (Å²) in [6.45, 7) is 1.35. The molecule has 0 saturated heterocycles. The Morgan fingerprint density at radius 1 is 1.24 bits per heavy atom. The van der Waals surface area contributed by atoms with Crippen molar-refractivity contribution in [2.24, 2.45) is 0 Å². The number of anilines is 1. The van der Waals surface area contributed by atoms with Gasteiger partial charge in [0.25, 0.3) is 5.91 Å². The summed E-state index contributed by atoms with van der Waals surface area (Å²) in [5, 5.41) is 11.3. The largest absolute Gasteiger partial charge is 0.478 e. The second kappa shape index (κ2) is 5.58. The summed E-state index contributed by atoms with van der Waals surface area (Å²) >= 11 is 0. The Morgan fingerprint density at radius 2 is 1.95 bits per heavy atom. The summed E-state index contributed by atoms with van der Waals surface area (Å²) < 4.78 is 13.0. The van der Waals surface area contributed by atoms with Gasteiger partial charge in [-0.25, -0.2) is 9.18 Å². The first-order valence-corrected chi connectivity index (χ1v) is 5.92. The summed E-state index contributed by atoms with van der Waals surface area (Å²) in [7, 11) is 0. The lowest BCUT2D eigenvalue weighted by Gasteiger charge is -2.07. The van der Waals surface area contributed by atoms with Crippen molar-refractivity contribution in [3.05, 3.63) is 53.1 Å². The van der Waals surface area contributed by atoms with Gasteiger partial charge in [-0.15, -0.1) is 0 Å². The fraction of sp³-hybridized carbons (Fsp3) is 0.0714. The van der Waals surface area contributed by atoms with E-state index in [-0.39, 0.29) is 22.7 Å². The molecule has 0 radical (unpaired) electrons. The van der Waals surface area contributed by atoms with Crippen molar-refractivity contribution in [1.29, 1.82) is 0 Å². The first kappa shape index (κ1) is 14.4. The number of aromatic amines is 1. The molecule has 0 unspecified atom stereocenters. The molecule has 0 aliphatic heterocycles. The third-order valence-electron chi connectivity index (χ3n) is 2.79. The number of benzene rings is 1. The summed E-state index contributed by atoms with van der Waals surface area (Å²) in [5.74, 6) is -2.92. The number of nitrogens with one attached hydrogen (secondary N) is 2. The molecule has 2 aromatic rings.